The van der Waals surface area contributed by atoms with E-state index in [9.17, 15) is 9.59 Å². The second kappa shape index (κ2) is 6.04. The maximum Gasteiger partial charge on any atom is 0.310 e. The van der Waals surface area contributed by atoms with E-state index >= 15 is 0 Å². The summed E-state index contributed by atoms with van der Waals surface area (Å²) in [6.45, 7) is 2.12. The zero-order chi connectivity index (χ0) is 13.7. The molecule has 1 atom stereocenters. The molecular weight excluding hydrogens is 236 g/mol. The Hall–Kier alpha value is -2.05. The Morgan fingerprint density at radius 3 is 2.78 bits per heavy atom. The molecule has 0 aliphatic heterocycles. The van der Waals surface area contributed by atoms with Crippen LogP contribution in [0.4, 0.5) is 5.69 Å². The summed E-state index contributed by atoms with van der Waals surface area (Å²) in [4.78, 5) is 24.5. The van der Waals surface area contributed by atoms with Gasteiger partial charge in [-0.25, -0.2) is 0 Å². The van der Waals surface area contributed by atoms with E-state index in [0.29, 0.717) is 12.2 Å². The minimum atomic E-state index is -0.355. The number of carbonyl (C=O) groups excluding carboxylic acids is 2. The van der Waals surface area contributed by atoms with Gasteiger partial charge in [-0.3, -0.25) is 14.3 Å². The summed E-state index contributed by atoms with van der Waals surface area (Å²) >= 11 is 0. The molecule has 1 unspecified atom stereocenters. The topological polar surface area (TPSA) is 90.5 Å². The van der Waals surface area contributed by atoms with E-state index in [1.54, 1.807) is 20.2 Å². The van der Waals surface area contributed by atoms with Crippen LogP contribution in [0.5, 0.6) is 0 Å². The Labute approximate surface area is 105 Å². The highest BCUT2D eigenvalue weighted by Crippen LogP contribution is 2.03. The molecule has 0 aliphatic carbocycles. The normalized spacial score (nSPS) is 11.9. The van der Waals surface area contributed by atoms with E-state index in [1.165, 1.54) is 22.9 Å². The van der Waals surface area contributed by atoms with Crippen molar-refractivity contribution in [2.45, 2.75) is 13.5 Å². The zero-order valence-electron chi connectivity index (χ0n) is 10.8. The molecule has 2 N–H and O–H groups in total. The first-order chi connectivity index (χ1) is 8.43. The first-order valence-corrected chi connectivity index (χ1v) is 5.53. The molecule has 100 valence electrons. The number of esters is 1. The number of ether oxygens (including phenoxy) is 1. The van der Waals surface area contributed by atoms with E-state index in [2.05, 4.69) is 9.84 Å². The molecule has 1 aromatic rings. The third-order valence-electron chi connectivity index (χ3n) is 2.53. The van der Waals surface area contributed by atoms with Crippen LogP contribution in [-0.4, -0.2) is 47.3 Å². The summed E-state index contributed by atoms with van der Waals surface area (Å²) in [6, 6.07) is 0. The number of likely N-dealkylation sites (N-methyl/N-ethyl adjacent to an activating group) is 1. The number of hydrogen-bond donors (Lipinski definition) is 1. The summed E-state index contributed by atoms with van der Waals surface area (Å²) in [5.41, 5.74) is 6.01. The Morgan fingerprint density at radius 2 is 2.28 bits per heavy atom. The van der Waals surface area contributed by atoms with Gasteiger partial charge in [-0.2, -0.15) is 5.10 Å². The minimum Gasteiger partial charge on any atom is -0.469 e. The van der Waals surface area contributed by atoms with Crippen molar-refractivity contribution in [2.24, 2.45) is 5.92 Å². The average molecular weight is 254 g/mol. The summed E-state index contributed by atoms with van der Waals surface area (Å²) in [5.74, 6) is -0.835. The van der Waals surface area contributed by atoms with Crippen molar-refractivity contribution in [3.8, 4) is 0 Å². The van der Waals surface area contributed by atoms with Crippen LogP contribution < -0.4 is 5.73 Å². The van der Waals surface area contributed by atoms with Gasteiger partial charge in [-0.15, -0.1) is 0 Å². The van der Waals surface area contributed by atoms with Crippen molar-refractivity contribution in [2.75, 3.05) is 26.4 Å². The zero-order valence-corrected chi connectivity index (χ0v) is 10.8. The molecule has 0 bridgehead atoms. The number of nitrogens with two attached hydrogens (primary N) is 1. The highest BCUT2D eigenvalue weighted by molar-refractivity contribution is 5.77. The van der Waals surface area contributed by atoms with Crippen LogP contribution in [0.2, 0.25) is 0 Å². The molecular formula is C11H18N4O3. The van der Waals surface area contributed by atoms with Gasteiger partial charge in [0.2, 0.25) is 5.91 Å². The molecule has 0 saturated carbocycles. The maximum absolute atomic E-state index is 11.8. The molecule has 0 spiro atoms. The summed E-state index contributed by atoms with van der Waals surface area (Å²) in [5, 5.41) is 3.92. The Bertz CT molecular complexity index is 430. The summed E-state index contributed by atoms with van der Waals surface area (Å²) in [6.07, 6.45) is 3.06. The van der Waals surface area contributed by atoms with Crippen LogP contribution in [0.1, 0.15) is 6.92 Å². The largest absolute Gasteiger partial charge is 0.469 e. The highest BCUT2D eigenvalue weighted by atomic mass is 16.5. The predicted molar refractivity (Wildman–Crippen MR) is 65.5 cm³/mol. The molecule has 7 heteroatoms. The fourth-order valence-corrected chi connectivity index (χ4v) is 1.51. The van der Waals surface area contributed by atoms with Gasteiger partial charge in [-0.1, -0.05) is 6.92 Å². The molecule has 7 nitrogen and oxygen atoms in total. The Balaban J connectivity index is 2.49. The fourth-order valence-electron chi connectivity index (χ4n) is 1.51. The van der Waals surface area contributed by atoms with Crippen LogP contribution in [0, 0.1) is 5.92 Å². The standard InChI is InChI=1S/C11H18N4O3/c1-8(11(17)18-3)5-14(2)10(16)7-15-6-9(12)4-13-15/h4,6,8H,5,7,12H2,1-3H3. The lowest BCUT2D eigenvalue weighted by Gasteiger charge is -2.20. The molecule has 1 heterocycles. The summed E-state index contributed by atoms with van der Waals surface area (Å²) in [7, 11) is 2.96. The SMILES string of the molecule is COC(=O)C(C)CN(C)C(=O)Cn1cc(N)cn1. The van der Waals surface area contributed by atoms with Gasteiger partial charge >= 0.3 is 5.97 Å². The predicted octanol–water partition coefficient (Wildman–Crippen LogP) is -0.267. The smallest absolute Gasteiger partial charge is 0.310 e. The molecule has 0 radical (unpaired) electrons. The second-order valence-corrected chi connectivity index (χ2v) is 4.17. The minimum absolute atomic E-state index is 0.0988. The first-order valence-electron chi connectivity index (χ1n) is 5.53. The molecule has 1 amide bonds. The van der Waals surface area contributed by atoms with Gasteiger partial charge in [0.05, 0.1) is 24.9 Å². The van der Waals surface area contributed by atoms with Crippen LogP contribution in [-0.2, 0) is 20.9 Å². The molecule has 0 saturated heterocycles. The fraction of sp³-hybridized carbons (Fsp3) is 0.545. The van der Waals surface area contributed by atoms with Crippen LogP contribution in [0.15, 0.2) is 12.4 Å². The van der Waals surface area contributed by atoms with Gasteiger partial charge in [0.15, 0.2) is 0 Å². The van der Waals surface area contributed by atoms with Crippen molar-refractivity contribution < 1.29 is 14.3 Å². The highest BCUT2D eigenvalue weighted by Gasteiger charge is 2.18. The van der Waals surface area contributed by atoms with E-state index in [1.807, 2.05) is 0 Å². The van der Waals surface area contributed by atoms with E-state index in [4.69, 9.17) is 5.73 Å². The van der Waals surface area contributed by atoms with E-state index in [0.717, 1.165) is 0 Å². The molecule has 18 heavy (non-hydrogen) atoms. The number of hydrogen-bond acceptors (Lipinski definition) is 5. The molecule has 0 aliphatic rings. The molecule has 1 aromatic heterocycles. The molecule has 1 rings (SSSR count). The van der Waals surface area contributed by atoms with Gasteiger partial charge in [-0.05, 0) is 0 Å². The van der Waals surface area contributed by atoms with Crippen LogP contribution in [0.25, 0.3) is 0 Å². The molecule has 0 aromatic carbocycles. The number of amides is 1. The maximum atomic E-state index is 11.8. The number of aromatic nitrogens is 2. The quantitative estimate of drug-likeness (QED) is 0.731. The van der Waals surface area contributed by atoms with E-state index in [-0.39, 0.29) is 24.3 Å². The number of nitrogens with zero attached hydrogens (tertiary/aromatic N) is 3. The average Bonchev–Trinajstić information content (AvgIpc) is 2.73. The van der Waals surface area contributed by atoms with Gasteiger partial charge in [0.1, 0.15) is 6.54 Å². The van der Waals surface area contributed by atoms with Crippen molar-refractivity contribution in [3.63, 3.8) is 0 Å². The third-order valence-corrected chi connectivity index (χ3v) is 2.53. The number of methoxy groups -OCH3 is 1. The monoisotopic (exact) mass is 254 g/mol. The van der Waals surface area contributed by atoms with Crippen LogP contribution >= 0.6 is 0 Å². The third kappa shape index (κ3) is 3.76. The van der Waals surface area contributed by atoms with Gasteiger partial charge in [0.25, 0.3) is 0 Å². The number of rotatable bonds is 5. The lowest BCUT2D eigenvalue weighted by molar-refractivity contribution is -0.146. The summed E-state index contributed by atoms with van der Waals surface area (Å²) < 4.78 is 6.06. The molecule has 0 fully saturated rings. The van der Waals surface area contributed by atoms with Gasteiger partial charge in [0, 0.05) is 19.8 Å². The number of nitrogen functional groups attached to an aromatic ring is 1. The van der Waals surface area contributed by atoms with Crippen molar-refractivity contribution in [1.82, 2.24) is 14.7 Å². The lowest BCUT2D eigenvalue weighted by Crippen LogP contribution is -2.36. The van der Waals surface area contributed by atoms with Gasteiger partial charge < -0.3 is 15.4 Å². The second-order valence-electron chi connectivity index (χ2n) is 4.17. The number of anilines is 1. The van der Waals surface area contributed by atoms with Crippen molar-refractivity contribution in [3.05, 3.63) is 12.4 Å². The van der Waals surface area contributed by atoms with Crippen molar-refractivity contribution in [1.29, 1.82) is 0 Å². The Kier molecular flexibility index (Phi) is 4.70. The lowest BCUT2D eigenvalue weighted by atomic mass is 10.2. The Morgan fingerprint density at radius 1 is 1.61 bits per heavy atom. The van der Waals surface area contributed by atoms with E-state index < -0.39 is 0 Å². The first kappa shape index (κ1) is 14.0. The van der Waals surface area contributed by atoms with Crippen molar-refractivity contribution >= 4 is 17.6 Å². The van der Waals surface area contributed by atoms with Crippen LogP contribution in [0.3, 0.4) is 0 Å². The number of carbonyl (C=O) groups is 2.